The number of fused-ring (bicyclic) bond motifs is 1. The minimum absolute atomic E-state index is 0.0596. The van der Waals surface area contributed by atoms with Crippen LogP contribution in [0.2, 0.25) is 0 Å². The Morgan fingerprint density at radius 3 is 2.55 bits per heavy atom. The van der Waals surface area contributed by atoms with Crippen LogP contribution in [0.1, 0.15) is 62.2 Å². The van der Waals surface area contributed by atoms with E-state index in [2.05, 4.69) is 30.7 Å². The quantitative estimate of drug-likeness (QED) is 0.168. The molecule has 0 saturated carbocycles. The summed E-state index contributed by atoms with van der Waals surface area (Å²) in [5.41, 5.74) is 3.43. The van der Waals surface area contributed by atoms with E-state index >= 15 is 0 Å². The highest BCUT2D eigenvalue weighted by Gasteiger charge is 2.46. The number of Topliss-reactive ketones (excluding diaryl/α,β-unsaturated/α-hetero) is 1. The number of aromatic nitrogens is 2. The third kappa shape index (κ3) is 5.18. The fraction of sp³-hybridized carbons (Fsp3) is 0.433. The van der Waals surface area contributed by atoms with Crippen LogP contribution in [-0.4, -0.2) is 68.8 Å². The van der Waals surface area contributed by atoms with Crippen LogP contribution in [0.5, 0.6) is 5.75 Å². The zero-order valence-electron chi connectivity index (χ0n) is 23.0. The molecule has 1 fully saturated rings. The lowest BCUT2D eigenvalue weighted by atomic mass is 9.96. The molecule has 2 aromatic heterocycles. The number of pyridine rings is 1. The molecule has 3 aromatic rings. The van der Waals surface area contributed by atoms with E-state index in [0.29, 0.717) is 42.5 Å². The molecule has 1 saturated heterocycles. The van der Waals surface area contributed by atoms with Crippen LogP contribution in [0.3, 0.4) is 0 Å². The van der Waals surface area contributed by atoms with Crippen LogP contribution in [0.15, 0.2) is 48.2 Å². The number of likely N-dealkylation sites (tertiary alicyclic amines) is 1. The number of aliphatic hydroxyl groups is 1. The summed E-state index contributed by atoms with van der Waals surface area (Å²) < 4.78 is 7.82. The van der Waals surface area contributed by atoms with Crippen molar-refractivity contribution in [2.75, 3.05) is 32.8 Å². The Bertz CT molecular complexity index is 1360. The van der Waals surface area contributed by atoms with Gasteiger partial charge in [-0.3, -0.25) is 9.59 Å². The zero-order valence-corrected chi connectivity index (χ0v) is 23.0. The molecule has 0 spiro atoms. The number of amides is 1. The smallest absolute Gasteiger partial charge is 0.295 e. The van der Waals surface area contributed by atoms with Crippen molar-refractivity contribution in [3.8, 4) is 5.75 Å². The predicted molar refractivity (Wildman–Crippen MR) is 148 cm³/mol. The van der Waals surface area contributed by atoms with Crippen LogP contribution in [0.25, 0.3) is 11.4 Å². The molecule has 1 unspecified atom stereocenters. The maximum atomic E-state index is 13.5. The first-order valence-corrected chi connectivity index (χ1v) is 13.5. The highest BCUT2D eigenvalue weighted by atomic mass is 16.5. The van der Waals surface area contributed by atoms with Crippen molar-refractivity contribution in [2.24, 2.45) is 0 Å². The van der Waals surface area contributed by atoms with Gasteiger partial charge in [-0.1, -0.05) is 45.4 Å². The van der Waals surface area contributed by atoms with Gasteiger partial charge >= 0.3 is 0 Å². The number of likely N-dealkylation sites (N-methyl/N-ethyl adjacent to an activating group) is 1. The normalized spacial score (nSPS) is 17.2. The second-order valence-corrected chi connectivity index (χ2v) is 9.72. The number of carbonyl (C=O) groups is 2. The van der Waals surface area contributed by atoms with Gasteiger partial charge in [-0.2, -0.15) is 0 Å². The van der Waals surface area contributed by atoms with Gasteiger partial charge in [0.2, 0.25) is 0 Å². The van der Waals surface area contributed by atoms with Crippen molar-refractivity contribution < 1.29 is 19.4 Å². The molecule has 0 bridgehead atoms. The maximum absolute atomic E-state index is 13.5. The summed E-state index contributed by atoms with van der Waals surface area (Å²) >= 11 is 0. The van der Waals surface area contributed by atoms with Gasteiger partial charge in [0.25, 0.3) is 11.7 Å². The Morgan fingerprint density at radius 2 is 1.87 bits per heavy atom. The fourth-order valence-corrected chi connectivity index (χ4v) is 5.03. The molecule has 1 aliphatic rings. The molecule has 4 rings (SSSR count). The maximum Gasteiger partial charge on any atom is 0.295 e. The van der Waals surface area contributed by atoms with E-state index in [4.69, 9.17) is 4.74 Å². The highest BCUT2D eigenvalue weighted by molar-refractivity contribution is 6.46. The molecule has 0 radical (unpaired) electrons. The summed E-state index contributed by atoms with van der Waals surface area (Å²) in [5.74, 6) is -0.891. The van der Waals surface area contributed by atoms with Gasteiger partial charge in [0.1, 0.15) is 17.1 Å². The Kier molecular flexibility index (Phi) is 8.52. The number of hydrogen-bond acceptors (Lipinski definition) is 6. The van der Waals surface area contributed by atoms with Gasteiger partial charge in [0, 0.05) is 19.3 Å². The topological polar surface area (TPSA) is 87.4 Å². The van der Waals surface area contributed by atoms with E-state index < -0.39 is 17.7 Å². The Morgan fingerprint density at radius 1 is 1.11 bits per heavy atom. The minimum atomic E-state index is -0.745. The molecule has 202 valence electrons. The number of unbranched alkanes of at least 4 members (excludes halogenated alkanes) is 1. The average Bonchev–Trinajstić information content (AvgIpc) is 3.39. The van der Waals surface area contributed by atoms with Gasteiger partial charge in [0.15, 0.2) is 5.76 Å². The van der Waals surface area contributed by atoms with Gasteiger partial charge in [0.05, 0.1) is 23.9 Å². The number of ether oxygens (including phenoxy) is 1. The molecule has 8 heteroatoms. The molecule has 1 aliphatic heterocycles. The number of nitrogens with zero attached hydrogens (tertiary/aromatic N) is 4. The van der Waals surface area contributed by atoms with Crippen LogP contribution in [0, 0.1) is 13.8 Å². The molecular weight excluding hydrogens is 480 g/mol. The van der Waals surface area contributed by atoms with Crippen molar-refractivity contribution in [1.82, 2.24) is 19.2 Å². The zero-order chi connectivity index (χ0) is 27.4. The monoisotopic (exact) mass is 518 g/mol. The number of ketones is 1. The van der Waals surface area contributed by atoms with E-state index in [0.717, 1.165) is 37.1 Å². The first-order valence-electron chi connectivity index (χ1n) is 13.5. The molecule has 3 heterocycles. The summed E-state index contributed by atoms with van der Waals surface area (Å²) in [4.78, 5) is 35.3. The number of benzene rings is 1. The molecule has 1 N–H and O–H groups in total. The summed E-state index contributed by atoms with van der Waals surface area (Å²) in [6.45, 7) is 13.3. The molecule has 38 heavy (non-hydrogen) atoms. The van der Waals surface area contributed by atoms with Crippen molar-refractivity contribution in [2.45, 2.75) is 53.5 Å². The van der Waals surface area contributed by atoms with Crippen LogP contribution in [-0.2, 0) is 9.59 Å². The largest absolute Gasteiger partial charge is 0.505 e. The minimum Gasteiger partial charge on any atom is -0.505 e. The lowest BCUT2D eigenvalue weighted by Gasteiger charge is -2.28. The number of hydrogen-bond donors (Lipinski definition) is 1. The SMILES string of the molecule is CCCCOc1cccc(C2C(=C(O)c3nc4c(C)cccn4c3C)C(=O)C(=O)N2CCN(CC)CC)c1. The van der Waals surface area contributed by atoms with Gasteiger partial charge in [-0.15, -0.1) is 0 Å². The summed E-state index contributed by atoms with van der Waals surface area (Å²) in [5, 5.41) is 11.6. The van der Waals surface area contributed by atoms with Crippen LogP contribution in [0.4, 0.5) is 0 Å². The standard InChI is InChI=1S/C30H38N4O4/c1-6-9-18-38-23-14-10-13-22(19-23)26-24(28(36)30(37)34(26)17-16-32(7-2)8-3)27(35)25-21(5)33-15-11-12-20(4)29(33)31-25/h10-15,19,26,35H,6-9,16-18H2,1-5H3. The summed E-state index contributed by atoms with van der Waals surface area (Å²) in [6.07, 6.45) is 3.82. The fourth-order valence-electron chi connectivity index (χ4n) is 5.03. The van der Waals surface area contributed by atoms with E-state index in [-0.39, 0.29) is 11.3 Å². The van der Waals surface area contributed by atoms with Crippen LogP contribution >= 0.6 is 0 Å². The number of imidazole rings is 1. The van der Waals surface area contributed by atoms with E-state index in [1.165, 1.54) is 0 Å². The van der Waals surface area contributed by atoms with Gasteiger partial charge < -0.3 is 24.0 Å². The molecule has 1 aromatic carbocycles. The highest BCUT2D eigenvalue weighted by Crippen LogP contribution is 2.40. The Balaban J connectivity index is 1.84. The summed E-state index contributed by atoms with van der Waals surface area (Å²) in [6, 6.07) is 10.6. The number of carbonyl (C=O) groups excluding carboxylic acids is 2. The van der Waals surface area contributed by atoms with Crippen molar-refractivity contribution in [3.05, 3.63) is 70.7 Å². The summed E-state index contributed by atoms with van der Waals surface area (Å²) in [7, 11) is 0. The third-order valence-corrected chi connectivity index (χ3v) is 7.34. The van der Waals surface area contributed by atoms with Crippen molar-refractivity contribution >= 4 is 23.1 Å². The average molecular weight is 519 g/mol. The first kappa shape index (κ1) is 27.4. The molecule has 8 nitrogen and oxygen atoms in total. The van der Waals surface area contributed by atoms with Gasteiger partial charge in [-0.25, -0.2) is 4.98 Å². The molecule has 1 amide bonds. The Labute approximate surface area is 224 Å². The lowest BCUT2D eigenvalue weighted by molar-refractivity contribution is -0.140. The number of aryl methyl sites for hydroxylation is 2. The number of rotatable bonds is 11. The molecule has 1 atom stereocenters. The third-order valence-electron chi connectivity index (χ3n) is 7.34. The van der Waals surface area contributed by atoms with Crippen molar-refractivity contribution in [3.63, 3.8) is 0 Å². The molecule has 0 aliphatic carbocycles. The van der Waals surface area contributed by atoms with E-state index in [1.807, 2.05) is 60.8 Å². The first-order chi connectivity index (χ1) is 18.3. The second-order valence-electron chi connectivity index (χ2n) is 9.72. The van der Waals surface area contributed by atoms with Crippen LogP contribution < -0.4 is 4.74 Å². The lowest BCUT2D eigenvalue weighted by Crippen LogP contribution is -2.38. The second kappa shape index (κ2) is 11.8. The number of aliphatic hydroxyl groups excluding tert-OH is 1. The van der Waals surface area contributed by atoms with Gasteiger partial charge in [-0.05, 0) is 62.7 Å². The predicted octanol–water partition coefficient (Wildman–Crippen LogP) is 4.89. The van der Waals surface area contributed by atoms with E-state index in [9.17, 15) is 14.7 Å². The molecular formula is C30H38N4O4. The Hall–Kier alpha value is -3.65. The van der Waals surface area contributed by atoms with Crippen molar-refractivity contribution in [1.29, 1.82) is 0 Å². The van der Waals surface area contributed by atoms with E-state index in [1.54, 1.807) is 4.90 Å².